The number of benzene rings is 2. The fraction of sp³-hybridized carbons (Fsp3) is 0.0500. The number of rotatable bonds is 6. The van der Waals surface area contributed by atoms with E-state index in [0.717, 1.165) is 16.2 Å². The zero-order valence-corrected chi connectivity index (χ0v) is 18.2. The molecule has 0 saturated heterocycles. The van der Waals surface area contributed by atoms with E-state index in [9.17, 15) is 10.1 Å². The summed E-state index contributed by atoms with van der Waals surface area (Å²) < 4.78 is 11.9. The lowest BCUT2D eigenvalue weighted by Gasteiger charge is -2.13. The van der Waals surface area contributed by atoms with Gasteiger partial charge in [-0.2, -0.15) is 4.98 Å². The van der Waals surface area contributed by atoms with Gasteiger partial charge >= 0.3 is 11.6 Å². The van der Waals surface area contributed by atoms with Crippen LogP contribution in [0.1, 0.15) is 0 Å². The Balaban J connectivity index is 1.78. The lowest BCUT2D eigenvalue weighted by atomic mass is 10.2. The smallest absolute Gasteiger partial charge is 0.373 e. The van der Waals surface area contributed by atoms with Gasteiger partial charge in [0.15, 0.2) is 5.75 Å². The van der Waals surface area contributed by atoms with Crippen molar-refractivity contribution in [3.05, 3.63) is 74.6 Å². The third-order valence-corrected chi connectivity index (χ3v) is 5.20. The van der Waals surface area contributed by atoms with E-state index in [4.69, 9.17) is 21.1 Å². The summed E-state index contributed by atoms with van der Waals surface area (Å²) in [7, 11) is 1.48. The molecule has 4 aromatic rings. The van der Waals surface area contributed by atoms with E-state index in [1.165, 1.54) is 7.11 Å². The number of aromatic nitrogens is 3. The first kappa shape index (κ1) is 20.8. The van der Waals surface area contributed by atoms with Gasteiger partial charge in [-0.15, -0.1) is 0 Å². The Morgan fingerprint density at radius 1 is 1.13 bits per heavy atom. The minimum atomic E-state index is -0.622. The maximum Gasteiger partial charge on any atom is 0.373 e. The largest absolute Gasteiger partial charge is 0.495 e. The number of methoxy groups -OCH3 is 1. The van der Waals surface area contributed by atoms with Crippen molar-refractivity contribution in [2.24, 2.45) is 0 Å². The van der Waals surface area contributed by atoms with Gasteiger partial charge in [0.2, 0.25) is 5.82 Å². The fourth-order valence-electron chi connectivity index (χ4n) is 2.90. The Kier molecular flexibility index (Phi) is 5.83. The minimum Gasteiger partial charge on any atom is -0.495 e. The third-order valence-electron chi connectivity index (χ3n) is 4.27. The Morgan fingerprint density at radius 3 is 2.71 bits per heavy atom. The summed E-state index contributed by atoms with van der Waals surface area (Å²) in [5.74, 6) is 0.428. The van der Waals surface area contributed by atoms with Crippen LogP contribution in [0.15, 0.2) is 59.5 Å². The lowest BCUT2D eigenvalue weighted by molar-refractivity contribution is -0.385. The molecule has 2 aromatic heterocycles. The molecule has 0 radical (unpaired) electrons. The van der Waals surface area contributed by atoms with Crippen LogP contribution >= 0.6 is 27.5 Å². The summed E-state index contributed by atoms with van der Waals surface area (Å²) >= 11 is 9.51. The van der Waals surface area contributed by atoms with Gasteiger partial charge in [0.05, 0.1) is 17.7 Å². The van der Waals surface area contributed by atoms with Crippen LogP contribution in [0.5, 0.6) is 17.4 Å². The quantitative estimate of drug-likeness (QED) is 0.256. The van der Waals surface area contributed by atoms with Gasteiger partial charge in [0, 0.05) is 21.1 Å². The van der Waals surface area contributed by atoms with Crippen molar-refractivity contribution in [3.8, 4) is 17.4 Å². The predicted molar refractivity (Wildman–Crippen MR) is 119 cm³/mol. The van der Waals surface area contributed by atoms with E-state index in [1.807, 2.05) is 6.07 Å². The van der Waals surface area contributed by atoms with E-state index in [-0.39, 0.29) is 11.7 Å². The highest BCUT2D eigenvalue weighted by Crippen LogP contribution is 2.40. The van der Waals surface area contributed by atoms with Crippen molar-refractivity contribution in [2.45, 2.75) is 0 Å². The molecule has 1 N–H and O–H groups in total. The summed E-state index contributed by atoms with van der Waals surface area (Å²) in [5.41, 5.74) is 0.478. The first-order valence-corrected chi connectivity index (χ1v) is 9.96. The maximum atomic E-state index is 11.9. The van der Waals surface area contributed by atoms with Crippen molar-refractivity contribution < 1.29 is 14.4 Å². The number of pyridine rings is 1. The van der Waals surface area contributed by atoms with E-state index >= 15 is 0 Å². The van der Waals surface area contributed by atoms with Crippen molar-refractivity contribution in [3.63, 3.8) is 0 Å². The molecule has 11 heteroatoms. The van der Waals surface area contributed by atoms with Crippen LogP contribution in [0.25, 0.3) is 10.9 Å². The minimum absolute atomic E-state index is 0.0788. The number of ether oxygens (including phenoxy) is 2. The molecule has 2 heterocycles. The highest BCUT2D eigenvalue weighted by molar-refractivity contribution is 9.10. The zero-order valence-electron chi connectivity index (χ0n) is 15.9. The number of hydrogen-bond acceptors (Lipinski definition) is 8. The average molecular weight is 503 g/mol. The molecule has 0 aliphatic heterocycles. The predicted octanol–water partition coefficient (Wildman–Crippen LogP) is 5.89. The van der Waals surface area contributed by atoms with E-state index in [1.54, 1.807) is 42.6 Å². The molecule has 156 valence electrons. The van der Waals surface area contributed by atoms with Crippen LogP contribution in [0.2, 0.25) is 5.02 Å². The van der Waals surface area contributed by atoms with E-state index in [2.05, 4.69) is 36.2 Å². The lowest BCUT2D eigenvalue weighted by Crippen LogP contribution is -2.04. The molecule has 4 rings (SSSR count). The Bertz CT molecular complexity index is 1300. The third kappa shape index (κ3) is 4.21. The van der Waals surface area contributed by atoms with Gasteiger partial charge in [-0.05, 0) is 36.4 Å². The summed E-state index contributed by atoms with van der Waals surface area (Å²) in [6.45, 7) is 0. The van der Waals surface area contributed by atoms with Gasteiger partial charge in [-0.25, -0.2) is 4.98 Å². The molecule has 0 spiro atoms. The normalized spacial score (nSPS) is 10.7. The van der Waals surface area contributed by atoms with Gasteiger partial charge in [-0.1, -0.05) is 33.6 Å². The van der Waals surface area contributed by atoms with Crippen LogP contribution < -0.4 is 14.8 Å². The monoisotopic (exact) mass is 501 g/mol. The van der Waals surface area contributed by atoms with Gasteiger partial charge in [0.25, 0.3) is 0 Å². The molecular weight excluding hydrogens is 490 g/mol. The zero-order chi connectivity index (χ0) is 22.0. The second kappa shape index (κ2) is 8.70. The first-order valence-electron chi connectivity index (χ1n) is 8.79. The second-order valence-electron chi connectivity index (χ2n) is 6.15. The Morgan fingerprint density at radius 2 is 1.94 bits per heavy atom. The van der Waals surface area contributed by atoms with Crippen molar-refractivity contribution in [1.29, 1.82) is 0 Å². The Hall–Kier alpha value is -3.50. The van der Waals surface area contributed by atoms with Crippen molar-refractivity contribution in [1.82, 2.24) is 15.0 Å². The fourth-order valence-corrected chi connectivity index (χ4v) is 3.52. The second-order valence-corrected chi connectivity index (χ2v) is 7.44. The van der Waals surface area contributed by atoms with Crippen molar-refractivity contribution in [2.75, 3.05) is 12.4 Å². The highest BCUT2D eigenvalue weighted by Gasteiger charge is 2.26. The number of fused-ring (bicyclic) bond motifs is 1. The molecule has 0 fully saturated rings. The molecular formula is C20H13BrClN5O4. The summed E-state index contributed by atoms with van der Waals surface area (Å²) in [5, 5.41) is 16.0. The van der Waals surface area contributed by atoms with E-state index < -0.39 is 10.6 Å². The Labute approximate surface area is 189 Å². The van der Waals surface area contributed by atoms with Gasteiger partial charge in [0.1, 0.15) is 17.6 Å². The number of nitrogens with one attached hydrogen (secondary N) is 1. The van der Waals surface area contributed by atoms with Crippen LogP contribution in [-0.4, -0.2) is 27.0 Å². The highest BCUT2D eigenvalue weighted by atomic mass is 79.9. The number of anilines is 2. The molecule has 0 amide bonds. The number of halogens is 2. The molecule has 0 saturated carbocycles. The molecule has 0 aliphatic rings. The molecule has 9 nitrogen and oxygen atoms in total. The maximum absolute atomic E-state index is 11.9. The summed E-state index contributed by atoms with van der Waals surface area (Å²) in [6, 6.07) is 11.9. The topological polar surface area (TPSA) is 112 Å². The molecule has 31 heavy (non-hydrogen) atoms. The van der Waals surface area contributed by atoms with Gasteiger partial charge in [-0.3, -0.25) is 15.1 Å². The van der Waals surface area contributed by atoms with Gasteiger partial charge < -0.3 is 14.8 Å². The van der Waals surface area contributed by atoms with Crippen LogP contribution in [-0.2, 0) is 0 Å². The SMILES string of the molecule is COc1ccc(Cl)cc1Nc1ncnc(Oc2ccc(Br)c3cccnc23)c1[N+](=O)[O-]. The van der Waals surface area contributed by atoms with Crippen molar-refractivity contribution >= 4 is 55.6 Å². The number of nitro groups is 1. The standard InChI is InChI=1S/C20H13BrClN5O4/c1-30-15-6-4-11(22)9-14(15)26-19-18(27(28)29)20(25-10-24-19)31-16-7-5-13(21)12-3-2-8-23-17(12)16/h2-10H,1H3,(H,24,25,26). The molecule has 0 atom stereocenters. The number of hydrogen-bond donors (Lipinski definition) is 1. The summed E-state index contributed by atoms with van der Waals surface area (Å²) in [4.78, 5) is 23.6. The molecule has 0 aliphatic carbocycles. The van der Waals surface area contributed by atoms with E-state index in [0.29, 0.717) is 27.7 Å². The summed E-state index contributed by atoms with van der Waals surface area (Å²) in [6.07, 6.45) is 2.77. The first-order chi connectivity index (χ1) is 15.0. The average Bonchev–Trinajstić information content (AvgIpc) is 2.76. The molecule has 0 bridgehead atoms. The van der Waals surface area contributed by atoms with Crippen LogP contribution in [0.3, 0.4) is 0 Å². The van der Waals surface area contributed by atoms with Crippen LogP contribution in [0, 0.1) is 10.1 Å². The molecule has 0 unspecified atom stereocenters. The van der Waals surface area contributed by atoms with Crippen LogP contribution in [0.4, 0.5) is 17.2 Å². The molecule has 2 aromatic carbocycles. The number of nitrogens with zero attached hydrogens (tertiary/aromatic N) is 4.